The molecule has 1 aromatic rings. The third-order valence-corrected chi connectivity index (χ3v) is 3.49. The summed E-state index contributed by atoms with van der Waals surface area (Å²) in [5.74, 6) is 0.691. The van der Waals surface area contributed by atoms with Crippen LogP contribution in [0.15, 0.2) is 24.3 Å². The first-order chi connectivity index (χ1) is 8.79. The van der Waals surface area contributed by atoms with E-state index in [1.54, 1.807) is 0 Å². The van der Waals surface area contributed by atoms with E-state index in [1.165, 1.54) is 0 Å². The van der Waals surface area contributed by atoms with Gasteiger partial charge in [0.2, 0.25) is 0 Å². The van der Waals surface area contributed by atoms with Gasteiger partial charge in [-0.1, -0.05) is 18.2 Å². The minimum atomic E-state index is -4.11. The van der Waals surface area contributed by atoms with Gasteiger partial charge < -0.3 is 10.5 Å². The Bertz CT molecular complexity index is 447. The first-order valence-corrected chi connectivity index (χ1v) is 6.39. The molecule has 0 amide bonds. The highest BCUT2D eigenvalue weighted by atomic mass is 19.4. The maximum Gasteiger partial charge on any atom is 0.389 e. The second kappa shape index (κ2) is 5.04. The highest BCUT2D eigenvalue weighted by molar-refractivity contribution is 5.38. The maximum atomic E-state index is 12.2. The lowest BCUT2D eigenvalue weighted by Gasteiger charge is -2.39. The minimum absolute atomic E-state index is 0.0644. The Morgan fingerprint density at radius 1 is 1.37 bits per heavy atom. The molecular formula is C14H18F3NO. The second-order valence-electron chi connectivity index (χ2n) is 5.37. The summed E-state index contributed by atoms with van der Waals surface area (Å²) in [5, 5.41) is 0. The van der Waals surface area contributed by atoms with E-state index in [2.05, 4.69) is 0 Å². The molecule has 2 atom stereocenters. The van der Waals surface area contributed by atoms with E-state index in [4.69, 9.17) is 10.5 Å². The summed E-state index contributed by atoms with van der Waals surface area (Å²) in [6.45, 7) is 1.83. The molecule has 1 heterocycles. The largest absolute Gasteiger partial charge is 0.487 e. The van der Waals surface area contributed by atoms with Gasteiger partial charge in [0.15, 0.2) is 0 Å². The summed E-state index contributed by atoms with van der Waals surface area (Å²) in [6.07, 6.45) is -3.92. The van der Waals surface area contributed by atoms with Crippen LogP contribution in [0.4, 0.5) is 13.2 Å². The Morgan fingerprint density at radius 3 is 2.74 bits per heavy atom. The van der Waals surface area contributed by atoms with Crippen molar-refractivity contribution >= 4 is 0 Å². The number of alkyl halides is 3. The quantitative estimate of drug-likeness (QED) is 0.904. The molecule has 1 aliphatic heterocycles. The molecule has 1 unspecified atom stereocenters. The zero-order valence-corrected chi connectivity index (χ0v) is 10.8. The fourth-order valence-corrected chi connectivity index (χ4v) is 2.58. The van der Waals surface area contributed by atoms with Crippen molar-refractivity contribution in [2.75, 3.05) is 0 Å². The van der Waals surface area contributed by atoms with Crippen LogP contribution in [0.25, 0.3) is 0 Å². The molecule has 2 nitrogen and oxygen atoms in total. The lowest BCUT2D eigenvalue weighted by atomic mass is 9.85. The van der Waals surface area contributed by atoms with Gasteiger partial charge in [-0.05, 0) is 25.8 Å². The fourth-order valence-electron chi connectivity index (χ4n) is 2.58. The maximum absolute atomic E-state index is 12.2. The van der Waals surface area contributed by atoms with Crippen LogP contribution in [-0.2, 0) is 0 Å². The van der Waals surface area contributed by atoms with Crippen molar-refractivity contribution in [2.24, 2.45) is 5.73 Å². The van der Waals surface area contributed by atoms with Crippen LogP contribution in [-0.4, -0.2) is 11.8 Å². The number of benzene rings is 1. The Balaban J connectivity index is 2.02. The highest BCUT2D eigenvalue weighted by Crippen LogP contribution is 2.40. The van der Waals surface area contributed by atoms with Gasteiger partial charge in [0.1, 0.15) is 11.4 Å². The average molecular weight is 273 g/mol. The lowest BCUT2D eigenvalue weighted by Crippen LogP contribution is -2.40. The number of nitrogens with two attached hydrogens (primary N) is 1. The van der Waals surface area contributed by atoms with Crippen LogP contribution < -0.4 is 10.5 Å². The molecular weight excluding hydrogens is 255 g/mol. The number of para-hydroxylation sites is 1. The standard InChI is InChI=1S/C14H18F3NO/c1-13(7-4-8-14(15,16)17)9-11(18)10-5-2-3-6-12(10)19-13/h2-3,5-6,11H,4,7-9,18H2,1H3/t11-,13?/m0/s1. The smallest absolute Gasteiger partial charge is 0.389 e. The van der Waals surface area contributed by atoms with Crippen LogP contribution in [0.5, 0.6) is 5.75 Å². The van der Waals surface area contributed by atoms with E-state index in [0.717, 1.165) is 5.56 Å². The van der Waals surface area contributed by atoms with Gasteiger partial charge in [-0.25, -0.2) is 0 Å². The van der Waals surface area contributed by atoms with Crippen molar-refractivity contribution < 1.29 is 17.9 Å². The molecule has 1 aromatic carbocycles. The fraction of sp³-hybridized carbons (Fsp3) is 0.571. The van der Waals surface area contributed by atoms with Crippen LogP contribution >= 0.6 is 0 Å². The average Bonchev–Trinajstić information content (AvgIpc) is 2.26. The van der Waals surface area contributed by atoms with E-state index in [-0.39, 0.29) is 12.5 Å². The third kappa shape index (κ3) is 3.62. The van der Waals surface area contributed by atoms with Crippen molar-refractivity contribution in [1.82, 2.24) is 0 Å². The van der Waals surface area contributed by atoms with E-state index in [1.807, 2.05) is 31.2 Å². The van der Waals surface area contributed by atoms with Gasteiger partial charge in [0.05, 0.1) is 0 Å². The van der Waals surface area contributed by atoms with Crippen molar-refractivity contribution in [1.29, 1.82) is 0 Å². The predicted octanol–water partition coefficient (Wildman–Crippen LogP) is 3.96. The molecule has 0 aromatic heterocycles. The van der Waals surface area contributed by atoms with Crippen LogP contribution in [0, 0.1) is 0 Å². The molecule has 0 fully saturated rings. The summed E-state index contributed by atoms with van der Waals surface area (Å²) >= 11 is 0. The number of hydrogen-bond acceptors (Lipinski definition) is 2. The van der Waals surface area contributed by atoms with Crippen LogP contribution in [0.1, 0.15) is 44.2 Å². The Kier molecular flexibility index (Phi) is 3.76. The number of fused-ring (bicyclic) bond motifs is 1. The summed E-state index contributed by atoms with van der Waals surface area (Å²) in [5.41, 5.74) is 6.39. The van der Waals surface area contributed by atoms with Gasteiger partial charge >= 0.3 is 6.18 Å². The molecule has 0 bridgehead atoms. The molecule has 0 spiro atoms. The third-order valence-electron chi connectivity index (χ3n) is 3.49. The second-order valence-corrected chi connectivity index (χ2v) is 5.37. The van der Waals surface area contributed by atoms with E-state index < -0.39 is 18.2 Å². The minimum Gasteiger partial charge on any atom is -0.487 e. The predicted molar refractivity (Wildman–Crippen MR) is 66.9 cm³/mol. The summed E-state index contributed by atoms with van der Waals surface area (Å²) < 4.78 is 42.4. The molecule has 1 aliphatic rings. The molecule has 0 saturated carbocycles. The van der Waals surface area contributed by atoms with Gasteiger partial charge in [0.25, 0.3) is 0 Å². The Labute approximate surface area is 110 Å². The van der Waals surface area contributed by atoms with Gasteiger partial charge in [0, 0.05) is 24.4 Å². The molecule has 5 heteroatoms. The molecule has 0 radical (unpaired) electrons. The summed E-state index contributed by atoms with van der Waals surface area (Å²) in [4.78, 5) is 0. The first kappa shape index (κ1) is 14.2. The zero-order chi connectivity index (χ0) is 14.1. The van der Waals surface area contributed by atoms with Crippen molar-refractivity contribution in [2.45, 2.75) is 50.4 Å². The number of hydrogen-bond donors (Lipinski definition) is 1. The number of ether oxygens (including phenoxy) is 1. The SMILES string of the molecule is CC1(CCCC(F)(F)F)C[C@H](N)c2ccccc2O1. The molecule has 106 valence electrons. The molecule has 2 rings (SSSR count). The van der Waals surface area contributed by atoms with Gasteiger partial charge in [-0.15, -0.1) is 0 Å². The van der Waals surface area contributed by atoms with Crippen LogP contribution in [0.3, 0.4) is 0 Å². The molecule has 0 saturated heterocycles. The number of rotatable bonds is 3. The number of halogens is 3. The zero-order valence-electron chi connectivity index (χ0n) is 10.8. The summed E-state index contributed by atoms with van der Waals surface area (Å²) in [6, 6.07) is 7.26. The van der Waals surface area contributed by atoms with E-state index in [0.29, 0.717) is 18.6 Å². The van der Waals surface area contributed by atoms with Crippen LogP contribution in [0.2, 0.25) is 0 Å². The monoisotopic (exact) mass is 273 g/mol. The highest BCUT2D eigenvalue weighted by Gasteiger charge is 2.36. The Hall–Kier alpha value is -1.23. The normalized spacial score (nSPS) is 26.7. The van der Waals surface area contributed by atoms with E-state index >= 15 is 0 Å². The van der Waals surface area contributed by atoms with Gasteiger partial charge in [-0.3, -0.25) is 0 Å². The van der Waals surface area contributed by atoms with Crippen molar-refractivity contribution in [3.8, 4) is 5.75 Å². The van der Waals surface area contributed by atoms with E-state index in [9.17, 15) is 13.2 Å². The molecule has 0 aliphatic carbocycles. The topological polar surface area (TPSA) is 35.2 Å². The van der Waals surface area contributed by atoms with Crippen molar-refractivity contribution in [3.05, 3.63) is 29.8 Å². The van der Waals surface area contributed by atoms with Gasteiger partial charge in [-0.2, -0.15) is 13.2 Å². The summed E-state index contributed by atoms with van der Waals surface area (Å²) in [7, 11) is 0. The first-order valence-electron chi connectivity index (χ1n) is 6.39. The lowest BCUT2D eigenvalue weighted by molar-refractivity contribution is -0.137. The molecule has 2 N–H and O–H groups in total. The Morgan fingerprint density at radius 2 is 2.05 bits per heavy atom. The van der Waals surface area contributed by atoms with Crippen molar-refractivity contribution in [3.63, 3.8) is 0 Å². The molecule has 19 heavy (non-hydrogen) atoms.